The number of piperidine rings is 1. The highest BCUT2D eigenvalue weighted by Gasteiger charge is 2.22. The van der Waals surface area contributed by atoms with Gasteiger partial charge in [0.25, 0.3) is 0 Å². The lowest BCUT2D eigenvalue weighted by molar-refractivity contribution is -0.147. The van der Waals surface area contributed by atoms with Crippen LogP contribution in [0.1, 0.15) is 19.3 Å². The number of rotatable bonds is 2. The van der Waals surface area contributed by atoms with Gasteiger partial charge in [0, 0.05) is 19.1 Å². The Morgan fingerprint density at radius 2 is 2.29 bits per heavy atom. The summed E-state index contributed by atoms with van der Waals surface area (Å²) in [6, 6.07) is 0.0466. The maximum absolute atomic E-state index is 11.5. The van der Waals surface area contributed by atoms with E-state index in [1.54, 1.807) is 4.90 Å². The molecule has 0 aliphatic carbocycles. The Kier molecular flexibility index (Phi) is 3.88. The third kappa shape index (κ3) is 2.99. The Labute approximate surface area is 83.2 Å². The van der Waals surface area contributed by atoms with E-state index in [4.69, 9.17) is 5.73 Å². The molecule has 1 heterocycles. The van der Waals surface area contributed by atoms with Crippen molar-refractivity contribution in [2.75, 3.05) is 20.2 Å². The van der Waals surface area contributed by atoms with Crippen LogP contribution in [0.25, 0.3) is 0 Å². The molecule has 1 saturated heterocycles. The summed E-state index contributed by atoms with van der Waals surface area (Å²) in [5, 5.41) is 0. The first kappa shape index (κ1) is 11.0. The lowest BCUT2D eigenvalue weighted by Crippen LogP contribution is -2.46. The maximum Gasteiger partial charge on any atom is 0.315 e. The fraction of sp³-hybridized carbons (Fsp3) is 0.778. The molecule has 0 saturated carbocycles. The van der Waals surface area contributed by atoms with Crippen LogP contribution in [0.5, 0.6) is 0 Å². The molecule has 5 nitrogen and oxygen atoms in total. The predicted octanol–water partition coefficient (Wildman–Crippen LogP) is -0.501. The summed E-state index contributed by atoms with van der Waals surface area (Å²) in [6.45, 7) is 1.25. The molecule has 2 N–H and O–H groups in total. The van der Waals surface area contributed by atoms with Crippen molar-refractivity contribution in [3.05, 3.63) is 0 Å². The number of ether oxygens (including phenoxy) is 1. The van der Waals surface area contributed by atoms with Gasteiger partial charge in [-0.25, -0.2) is 0 Å². The van der Waals surface area contributed by atoms with Crippen molar-refractivity contribution in [1.82, 2.24) is 4.90 Å². The zero-order valence-corrected chi connectivity index (χ0v) is 8.36. The Morgan fingerprint density at radius 1 is 1.57 bits per heavy atom. The Hall–Kier alpha value is -1.10. The highest BCUT2D eigenvalue weighted by Crippen LogP contribution is 2.09. The Bertz CT molecular complexity index is 230. The van der Waals surface area contributed by atoms with E-state index in [0.29, 0.717) is 13.1 Å². The van der Waals surface area contributed by atoms with Crippen molar-refractivity contribution in [3.8, 4) is 0 Å². The zero-order valence-electron chi connectivity index (χ0n) is 8.36. The van der Waals surface area contributed by atoms with Gasteiger partial charge >= 0.3 is 5.97 Å². The van der Waals surface area contributed by atoms with Crippen LogP contribution in [0.3, 0.4) is 0 Å². The third-order valence-corrected chi connectivity index (χ3v) is 2.33. The molecule has 0 aromatic carbocycles. The number of likely N-dealkylation sites (tertiary alicyclic amines) is 1. The molecule has 1 unspecified atom stereocenters. The first-order chi connectivity index (χ1) is 6.63. The van der Waals surface area contributed by atoms with Crippen molar-refractivity contribution in [1.29, 1.82) is 0 Å². The molecule has 5 heteroatoms. The fourth-order valence-electron chi connectivity index (χ4n) is 1.54. The van der Waals surface area contributed by atoms with Crippen LogP contribution in [-0.4, -0.2) is 43.0 Å². The van der Waals surface area contributed by atoms with Gasteiger partial charge in [-0.2, -0.15) is 0 Å². The minimum absolute atomic E-state index is 0.0466. The average molecular weight is 200 g/mol. The van der Waals surface area contributed by atoms with E-state index in [0.717, 1.165) is 12.8 Å². The molecule has 1 fully saturated rings. The highest BCUT2D eigenvalue weighted by molar-refractivity contribution is 5.94. The molecule has 0 aromatic heterocycles. The van der Waals surface area contributed by atoms with Crippen LogP contribution in [0, 0.1) is 0 Å². The van der Waals surface area contributed by atoms with E-state index in [1.807, 2.05) is 0 Å². The molecular weight excluding hydrogens is 184 g/mol. The molecule has 0 spiro atoms. The molecule has 14 heavy (non-hydrogen) atoms. The SMILES string of the molecule is COC(=O)CC(=O)N1CCCC(N)C1. The number of esters is 1. The summed E-state index contributed by atoms with van der Waals surface area (Å²) < 4.78 is 4.42. The van der Waals surface area contributed by atoms with Crippen molar-refractivity contribution < 1.29 is 14.3 Å². The normalized spacial score (nSPS) is 21.9. The van der Waals surface area contributed by atoms with Gasteiger partial charge in [-0.3, -0.25) is 9.59 Å². The van der Waals surface area contributed by atoms with Crippen LogP contribution < -0.4 is 5.73 Å². The summed E-state index contributed by atoms with van der Waals surface area (Å²) >= 11 is 0. The molecule has 1 atom stereocenters. The minimum Gasteiger partial charge on any atom is -0.469 e. The van der Waals surface area contributed by atoms with E-state index < -0.39 is 5.97 Å². The van der Waals surface area contributed by atoms with E-state index >= 15 is 0 Å². The summed E-state index contributed by atoms with van der Waals surface area (Å²) in [5.74, 6) is -0.679. The monoisotopic (exact) mass is 200 g/mol. The maximum atomic E-state index is 11.5. The number of carbonyl (C=O) groups excluding carboxylic acids is 2. The highest BCUT2D eigenvalue weighted by atomic mass is 16.5. The summed E-state index contributed by atoms with van der Waals surface area (Å²) in [6.07, 6.45) is 1.68. The second kappa shape index (κ2) is 4.95. The van der Waals surface area contributed by atoms with Gasteiger partial charge in [-0.1, -0.05) is 0 Å². The van der Waals surface area contributed by atoms with E-state index in [-0.39, 0.29) is 18.4 Å². The van der Waals surface area contributed by atoms with Crippen molar-refractivity contribution in [3.63, 3.8) is 0 Å². The average Bonchev–Trinajstić information content (AvgIpc) is 2.17. The third-order valence-electron chi connectivity index (χ3n) is 2.33. The van der Waals surface area contributed by atoms with Crippen molar-refractivity contribution >= 4 is 11.9 Å². The molecule has 1 rings (SSSR count). The van der Waals surface area contributed by atoms with E-state index in [9.17, 15) is 9.59 Å². The summed E-state index contributed by atoms with van der Waals surface area (Å²) in [5.41, 5.74) is 5.72. The van der Waals surface area contributed by atoms with Gasteiger partial charge in [-0.05, 0) is 12.8 Å². The standard InChI is InChI=1S/C9H16N2O3/c1-14-9(13)5-8(12)11-4-2-3-7(10)6-11/h7H,2-6,10H2,1H3. The largest absolute Gasteiger partial charge is 0.469 e. The minimum atomic E-state index is -0.492. The summed E-state index contributed by atoms with van der Waals surface area (Å²) in [4.78, 5) is 24.0. The first-order valence-corrected chi connectivity index (χ1v) is 4.73. The van der Waals surface area contributed by atoms with Gasteiger partial charge < -0.3 is 15.4 Å². The van der Waals surface area contributed by atoms with Crippen molar-refractivity contribution in [2.45, 2.75) is 25.3 Å². The Balaban J connectivity index is 2.39. The number of nitrogens with two attached hydrogens (primary N) is 1. The van der Waals surface area contributed by atoms with Gasteiger partial charge in [0.05, 0.1) is 7.11 Å². The fourth-order valence-corrected chi connectivity index (χ4v) is 1.54. The zero-order chi connectivity index (χ0) is 10.6. The van der Waals surface area contributed by atoms with Gasteiger partial charge in [-0.15, -0.1) is 0 Å². The predicted molar refractivity (Wildman–Crippen MR) is 50.4 cm³/mol. The van der Waals surface area contributed by atoms with Gasteiger partial charge in [0.1, 0.15) is 6.42 Å². The number of hydrogen-bond acceptors (Lipinski definition) is 4. The summed E-state index contributed by atoms with van der Waals surface area (Å²) in [7, 11) is 1.28. The van der Waals surface area contributed by atoms with Crippen molar-refractivity contribution in [2.24, 2.45) is 5.73 Å². The van der Waals surface area contributed by atoms with Crippen LogP contribution in [0.15, 0.2) is 0 Å². The van der Waals surface area contributed by atoms with E-state index in [1.165, 1.54) is 7.11 Å². The second-order valence-electron chi connectivity index (χ2n) is 3.49. The number of hydrogen-bond donors (Lipinski definition) is 1. The van der Waals surface area contributed by atoms with Gasteiger partial charge in [0.15, 0.2) is 0 Å². The lowest BCUT2D eigenvalue weighted by atomic mass is 10.1. The topological polar surface area (TPSA) is 72.6 Å². The number of methoxy groups -OCH3 is 1. The lowest BCUT2D eigenvalue weighted by Gasteiger charge is -2.30. The first-order valence-electron chi connectivity index (χ1n) is 4.73. The second-order valence-corrected chi connectivity index (χ2v) is 3.49. The quantitative estimate of drug-likeness (QED) is 0.481. The van der Waals surface area contributed by atoms with Crippen LogP contribution >= 0.6 is 0 Å². The number of carbonyl (C=O) groups is 2. The molecule has 0 aromatic rings. The molecule has 0 bridgehead atoms. The number of nitrogens with zero attached hydrogens (tertiary/aromatic N) is 1. The number of amides is 1. The molecule has 1 aliphatic rings. The Morgan fingerprint density at radius 3 is 2.86 bits per heavy atom. The molecule has 1 amide bonds. The van der Waals surface area contributed by atoms with Gasteiger partial charge in [0.2, 0.25) is 5.91 Å². The van der Waals surface area contributed by atoms with Crippen LogP contribution in [0.4, 0.5) is 0 Å². The molecule has 0 radical (unpaired) electrons. The van der Waals surface area contributed by atoms with E-state index in [2.05, 4.69) is 4.74 Å². The van der Waals surface area contributed by atoms with Crippen LogP contribution in [0.2, 0.25) is 0 Å². The smallest absolute Gasteiger partial charge is 0.315 e. The molecule has 1 aliphatic heterocycles. The van der Waals surface area contributed by atoms with Crippen LogP contribution in [-0.2, 0) is 14.3 Å². The molecular formula is C9H16N2O3. The molecule has 80 valence electrons.